The zero-order valence-electron chi connectivity index (χ0n) is 15.7. The van der Waals surface area contributed by atoms with E-state index in [1.165, 1.54) is 36.4 Å². The zero-order valence-corrected chi connectivity index (χ0v) is 17.2. The molecule has 1 atom stereocenters. The first-order valence-corrected chi connectivity index (χ1v) is 10.3. The van der Waals surface area contributed by atoms with Gasteiger partial charge >= 0.3 is 0 Å². The number of aromatic nitrogens is 5. The van der Waals surface area contributed by atoms with E-state index >= 15 is 0 Å². The van der Waals surface area contributed by atoms with Crippen LogP contribution in [0.25, 0.3) is 5.69 Å². The average Bonchev–Trinajstić information content (AvgIpc) is 3.16. The maximum atomic E-state index is 12.4. The highest BCUT2D eigenvalue weighted by molar-refractivity contribution is 8.00. The Labute approximate surface area is 172 Å². The SMILES string of the molecule is CCCCc1ccc(-n2nnnc2SC(C)C(=O)Nc2ccc(Cl)cn2)cc1. The molecule has 3 aromatic rings. The van der Waals surface area contributed by atoms with E-state index in [1.54, 1.807) is 23.7 Å². The van der Waals surface area contributed by atoms with Gasteiger partial charge < -0.3 is 5.32 Å². The molecule has 0 saturated carbocycles. The highest BCUT2D eigenvalue weighted by Crippen LogP contribution is 2.24. The Morgan fingerprint density at radius 1 is 1.25 bits per heavy atom. The minimum atomic E-state index is -0.411. The summed E-state index contributed by atoms with van der Waals surface area (Å²) in [5, 5.41) is 15.3. The van der Waals surface area contributed by atoms with Crippen molar-refractivity contribution < 1.29 is 4.79 Å². The molecule has 0 fully saturated rings. The van der Waals surface area contributed by atoms with E-state index in [4.69, 9.17) is 11.6 Å². The number of rotatable bonds is 8. The van der Waals surface area contributed by atoms with E-state index in [0.29, 0.717) is 16.0 Å². The highest BCUT2D eigenvalue weighted by atomic mass is 35.5. The molecule has 0 saturated heterocycles. The van der Waals surface area contributed by atoms with E-state index < -0.39 is 5.25 Å². The van der Waals surface area contributed by atoms with Crippen LogP contribution in [0.2, 0.25) is 5.02 Å². The van der Waals surface area contributed by atoms with Gasteiger partial charge in [-0.25, -0.2) is 4.98 Å². The highest BCUT2D eigenvalue weighted by Gasteiger charge is 2.19. The molecule has 0 spiro atoms. The molecule has 2 heterocycles. The van der Waals surface area contributed by atoms with E-state index in [0.717, 1.165) is 12.1 Å². The number of benzene rings is 1. The number of aryl methyl sites for hydroxylation is 1. The van der Waals surface area contributed by atoms with Crippen molar-refractivity contribution in [2.24, 2.45) is 0 Å². The number of hydrogen-bond donors (Lipinski definition) is 1. The number of carbonyl (C=O) groups excluding carboxylic acids is 1. The molecule has 0 bridgehead atoms. The molecule has 0 aliphatic rings. The van der Waals surface area contributed by atoms with Crippen LogP contribution in [0.3, 0.4) is 0 Å². The van der Waals surface area contributed by atoms with Crippen LogP contribution in [0.4, 0.5) is 5.82 Å². The maximum absolute atomic E-state index is 12.4. The van der Waals surface area contributed by atoms with Crippen molar-refractivity contribution in [1.29, 1.82) is 0 Å². The zero-order chi connectivity index (χ0) is 19.9. The van der Waals surface area contributed by atoms with Gasteiger partial charge in [-0.2, -0.15) is 4.68 Å². The van der Waals surface area contributed by atoms with Gasteiger partial charge in [0.2, 0.25) is 11.1 Å². The van der Waals surface area contributed by atoms with Crippen LogP contribution < -0.4 is 5.32 Å². The second-order valence-electron chi connectivity index (χ2n) is 6.25. The number of nitrogens with one attached hydrogen (secondary N) is 1. The largest absolute Gasteiger partial charge is 0.310 e. The summed E-state index contributed by atoms with van der Waals surface area (Å²) in [5.41, 5.74) is 2.15. The molecule has 1 aromatic carbocycles. The van der Waals surface area contributed by atoms with Crippen molar-refractivity contribution in [3.8, 4) is 5.69 Å². The van der Waals surface area contributed by atoms with Crippen LogP contribution in [0.15, 0.2) is 47.8 Å². The van der Waals surface area contributed by atoms with Crippen molar-refractivity contribution in [3.63, 3.8) is 0 Å². The predicted molar refractivity (Wildman–Crippen MR) is 111 cm³/mol. The van der Waals surface area contributed by atoms with Crippen LogP contribution in [-0.2, 0) is 11.2 Å². The maximum Gasteiger partial charge on any atom is 0.238 e. The molecular formula is C19H21ClN6OS. The van der Waals surface area contributed by atoms with Crippen LogP contribution in [-0.4, -0.2) is 36.3 Å². The van der Waals surface area contributed by atoms with E-state index in [-0.39, 0.29) is 5.91 Å². The fourth-order valence-corrected chi connectivity index (χ4v) is 3.41. The Morgan fingerprint density at radius 3 is 2.71 bits per heavy atom. The van der Waals surface area contributed by atoms with Gasteiger partial charge in [0.1, 0.15) is 5.82 Å². The fraction of sp³-hybridized carbons (Fsp3) is 0.316. The fourth-order valence-electron chi connectivity index (χ4n) is 2.49. The van der Waals surface area contributed by atoms with Crippen LogP contribution in [0, 0.1) is 0 Å². The van der Waals surface area contributed by atoms with Gasteiger partial charge in [0.15, 0.2) is 0 Å². The van der Waals surface area contributed by atoms with Crippen LogP contribution in [0.1, 0.15) is 32.3 Å². The van der Waals surface area contributed by atoms with Crippen molar-refractivity contribution in [2.45, 2.75) is 43.5 Å². The number of thioether (sulfide) groups is 1. The number of pyridine rings is 1. The van der Waals surface area contributed by atoms with Crippen LogP contribution in [0.5, 0.6) is 0 Å². The number of amides is 1. The first-order chi connectivity index (χ1) is 13.6. The van der Waals surface area contributed by atoms with Crippen molar-refractivity contribution in [1.82, 2.24) is 25.2 Å². The molecule has 7 nitrogen and oxygen atoms in total. The third-order valence-corrected chi connectivity index (χ3v) is 5.33. The lowest BCUT2D eigenvalue weighted by molar-refractivity contribution is -0.115. The summed E-state index contributed by atoms with van der Waals surface area (Å²) in [4.78, 5) is 16.5. The Kier molecular flexibility index (Phi) is 7.00. The van der Waals surface area contributed by atoms with Gasteiger partial charge in [-0.1, -0.05) is 48.8 Å². The van der Waals surface area contributed by atoms with Crippen molar-refractivity contribution in [3.05, 3.63) is 53.2 Å². The first-order valence-electron chi connectivity index (χ1n) is 9.03. The Balaban J connectivity index is 1.66. The standard InChI is InChI=1S/C19H21ClN6OS/c1-3-4-5-14-6-9-16(10-7-14)26-19(23-24-25-26)28-13(2)18(27)22-17-11-8-15(20)12-21-17/h6-13H,3-5H2,1-2H3,(H,21,22,27). The lowest BCUT2D eigenvalue weighted by Gasteiger charge is -2.11. The molecule has 2 aromatic heterocycles. The Hall–Kier alpha value is -2.45. The minimum Gasteiger partial charge on any atom is -0.310 e. The molecule has 1 amide bonds. The lowest BCUT2D eigenvalue weighted by atomic mass is 10.1. The number of anilines is 1. The summed E-state index contributed by atoms with van der Waals surface area (Å²) >= 11 is 7.09. The minimum absolute atomic E-state index is 0.190. The average molecular weight is 417 g/mol. The number of nitrogens with zero attached hydrogens (tertiary/aromatic N) is 5. The molecule has 1 N–H and O–H groups in total. The molecular weight excluding hydrogens is 396 g/mol. The number of tetrazole rings is 1. The first kappa shape index (κ1) is 20.3. The third-order valence-electron chi connectivity index (χ3n) is 4.07. The van der Waals surface area contributed by atoms with Gasteiger partial charge in [0.05, 0.1) is 16.0 Å². The monoisotopic (exact) mass is 416 g/mol. The molecule has 1 unspecified atom stereocenters. The second-order valence-corrected chi connectivity index (χ2v) is 8.00. The topological polar surface area (TPSA) is 85.6 Å². The summed E-state index contributed by atoms with van der Waals surface area (Å²) in [5.74, 6) is 0.258. The van der Waals surface area contributed by atoms with E-state index in [2.05, 4.69) is 44.9 Å². The predicted octanol–water partition coefficient (Wildman–Crippen LogP) is 4.17. The van der Waals surface area contributed by atoms with Crippen molar-refractivity contribution in [2.75, 3.05) is 5.32 Å². The third kappa shape index (κ3) is 5.30. The molecule has 3 rings (SSSR count). The summed E-state index contributed by atoms with van der Waals surface area (Å²) in [6.45, 7) is 3.97. The number of carbonyl (C=O) groups is 1. The quantitative estimate of drug-likeness (QED) is 0.554. The molecule has 0 aliphatic carbocycles. The Bertz CT molecular complexity index is 913. The van der Waals surface area contributed by atoms with E-state index in [1.807, 2.05) is 12.1 Å². The van der Waals surface area contributed by atoms with Gasteiger partial charge in [-0.15, -0.1) is 5.10 Å². The van der Waals surface area contributed by atoms with Crippen molar-refractivity contribution >= 4 is 35.1 Å². The lowest BCUT2D eigenvalue weighted by Crippen LogP contribution is -2.23. The molecule has 0 aliphatic heterocycles. The van der Waals surface area contributed by atoms with E-state index in [9.17, 15) is 4.79 Å². The van der Waals surface area contributed by atoms with Gasteiger partial charge in [-0.05, 0) is 60.0 Å². The van der Waals surface area contributed by atoms with Gasteiger partial charge in [0, 0.05) is 6.20 Å². The second kappa shape index (κ2) is 9.66. The van der Waals surface area contributed by atoms with Gasteiger partial charge in [0.25, 0.3) is 0 Å². The van der Waals surface area contributed by atoms with Crippen LogP contribution >= 0.6 is 23.4 Å². The molecule has 9 heteroatoms. The van der Waals surface area contributed by atoms with Gasteiger partial charge in [-0.3, -0.25) is 4.79 Å². The normalized spacial score (nSPS) is 12.0. The number of unbranched alkanes of at least 4 members (excludes halogenated alkanes) is 1. The number of hydrogen-bond acceptors (Lipinski definition) is 6. The summed E-state index contributed by atoms with van der Waals surface area (Å²) in [7, 11) is 0. The smallest absolute Gasteiger partial charge is 0.238 e. The molecule has 28 heavy (non-hydrogen) atoms. The summed E-state index contributed by atoms with van der Waals surface area (Å²) < 4.78 is 1.64. The Morgan fingerprint density at radius 2 is 2.04 bits per heavy atom. The summed E-state index contributed by atoms with van der Waals surface area (Å²) in [6, 6.07) is 11.5. The molecule has 0 radical (unpaired) electrons. The molecule has 146 valence electrons. The number of halogens is 1. The summed E-state index contributed by atoms with van der Waals surface area (Å²) in [6.07, 6.45) is 4.88.